The predicted molar refractivity (Wildman–Crippen MR) is 69.7 cm³/mol. The Bertz CT molecular complexity index is 456. The van der Waals surface area contributed by atoms with Crippen LogP contribution in [0.5, 0.6) is 6.01 Å². The van der Waals surface area contributed by atoms with Crippen LogP contribution in [0.4, 0.5) is 5.82 Å². The van der Waals surface area contributed by atoms with Gasteiger partial charge in [-0.2, -0.15) is 4.98 Å². The van der Waals surface area contributed by atoms with Crippen molar-refractivity contribution in [3.63, 3.8) is 0 Å². The number of ether oxygens (including phenoxy) is 3. The molecule has 2 fully saturated rings. The van der Waals surface area contributed by atoms with Gasteiger partial charge >= 0.3 is 6.01 Å². The van der Waals surface area contributed by atoms with E-state index in [4.69, 9.17) is 25.8 Å². The van der Waals surface area contributed by atoms with E-state index in [-0.39, 0.29) is 5.79 Å². The Morgan fingerprint density at radius 3 is 2.63 bits per heavy atom. The van der Waals surface area contributed by atoms with E-state index in [1.165, 1.54) is 0 Å². The number of aromatic nitrogens is 2. The van der Waals surface area contributed by atoms with Crippen molar-refractivity contribution in [1.29, 1.82) is 0 Å². The molecule has 2 saturated heterocycles. The van der Waals surface area contributed by atoms with E-state index in [0.29, 0.717) is 30.1 Å². The number of hydrogen-bond donors (Lipinski definition) is 0. The zero-order valence-corrected chi connectivity index (χ0v) is 11.5. The van der Waals surface area contributed by atoms with Crippen LogP contribution in [0.3, 0.4) is 0 Å². The van der Waals surface area contributed by atoms with Crippen molar-refractivity contribution in [3.8, 4) is 6.01 Å². The standard InChI is InChI=1S/C12H16ClN3O3/c1-17-11-14-8-9(13)10(15-11)16-4-2-12(3-5-16)18-6-7-19-12/h8H,2-7H2,1H3. The molecule has 0 saturated carbocycles. The maximum absolute atomic E-state index is 6.15. The van der Waals surface area contributed by atoms with E-state index < -0.39 is 0 Å². The molecule has 2 aliphatic heterocycles. The summed E-state index contributed by atoms with van der Waals surface area (Å²) in [5.41, 5.74) is 0. The molecule has 104 valence electrons. The third-order valence-electron chi connectivity index (χ3n) is 3.52. The summed E-state index contributed by atoms with van der Waals surface area (Å²) < 4.78 is 16.4. The lowest BCUT2D eigenvalue weighted by Gasteiger charge is -2.38. The zero-order chi connectivity index (χ0) is 13.3. The molecule has 2 aliphatic rings. The van der Waals surface area contributed by atoms with Crippen LogP contribution >= 0.6 is 11.6 Å². The monoisotopic (exact) mass is 285 g/mol. The number of rotatable bonds is 2. The summed E-state index contributed by atoms with van der Waals surface area (Å²) in [6, 6.07) is 0.327. The lowest BCUT2D eigenvalue weighted by molar-refractivity contribution is -0.169. The third-order valence-corrected chi connectivity index (χ3v) is 3.79. The van der Waals surface area contributed by atoms with Gasteiger partial charge in [0, 0.05) is 25.9 Å². The van der Waals surface area contributed by atoms with Crippen LogP contribution in [-0.2, 0) is 9.47 Å². The van der Waals surface area contributed by atoms with Gasteiger partial charge in [0.1, 0.15) is 5.02 Å². The summed E-state index contributed by atoms with van der Waals surface area (Å²) in [5.74, 6) is 0.321. The number of halogens is 1. The molecule has 0 amide bonds. The van der Waals surface area contributed by atoms with Crippen LogP contribution in [0, 0.1) is 0 Å². The minimum Gasteiger partial charge on any atom is -0.467 e. The van der Waals surface area contributed by atoms with Gasteiger partial charge in [-0.05, 0) is 0 Å². The van der Waals surface area contributed by atoms with Crippen molar-refractivity contribution >= 4 is 17.4 Å². The number of anilines is 1. The molecule has 3 rings (SSSR count). The highest BCUT2D eigenvalue weighted by molar-refractivity contribution is 6.32. The summed E-state index contributed by atoms with van der Waals surface area (Å²) >= 11 is 6.15. The second-order valence-corrected chi connectivity index (χ2v) is 5.03. The molecule has 6 nitrogen and oxygen atoms in total. The molecule has 0 radical (unpaired) electrons. The SMILES string of the molecule is COc1ncc(Cl)c(N2CCC3(CC2)OCCO3)n1. The van der Waals surface area contributed by atoms with E-state index in [1.807, 2.05) is 0 Å². The van der Waals surface area contributed by atoms with Gasteiger partial charge in [0.05, 0.1) is 26.5 Å². The Labute approximate surface area is 116 Å². The first kappa shape index (κ1) is 12.9. The van der Waals surface area contributed by atoms with E-state index in [9.17, 15) is 0 Å². The van der Waals surface area contributed by atoms with Crippen LogP contribution in [0.15, 0.2) is 6.20 Å². The van der Waals surface area contributed by atoms with Crippen molar-refractivity contribution in [2.24, 2.45) is 0 Å². The molecule has 0 N–H and O–H groups in total. The number of hydrogen-bond acceptors (Lipinski definition) is 6. The highest BCUT2D eigenvalue weighted by atomic mass is 35.5. The van der Waals surface area contributed by atoms with E-state index in [1.54, 1.807) is 13.3 Å². The smallest absolute Gasteiger partial charge is 0.318 e. The lowest BCUT2D eigenvalue weighted by Crippen LogP contribution is -2.45. The van der Waals surface area contributed by atoms with Crippen molar-refractivity contribution in [3.05, 3.63) is 11.2 Å². The molecule has 0 unspecified atom stereocenters. The maximum Gasteiger partial charge on any atom is 0.318 e. The third kappa shape index (κ3) is 2.48. The van der Waals surface area contributed by atoms with Gasteiger partial charge in [-0.3, -0.25) is 0 Å². The van der Waals surface area contributed by atoms with Crippen LogP contribution in [0.2, 0.25) is 5.02 Å². The molecule has 1 aromatic heterocycles. The predicted octanol–water partition coefficient (Wildman–Crippen LogP) is 1.48. The minimum absolute atomic E-state index is 0.327. The van der Waals surface area contributed by atoms with Gasteiger partial charge in [-0.1, -0.05) is 11.6 Å². The molecule has 7 heteroatoms. The summed E-state index contributed by atoms with van der Waals surface area (Å²) in [6.45, 7) is 2.95. The van der Waals surface area contributed by atoms with Gasteiger partial charge in [0.2, 0.25) is 0 Å². The molecule has 19 heavy (non-hydrogen) atoms. The Kier molecular flexibility index (Phi) is 3.47. The van der Waals surface area contributed by atoms with Crippen LogP contribution in [0.1, 0.15) is 12.8 Å². The molecule has 3 heterocycles. The largest absolute Gasteiger partial charge is 0.467 e. The molecule has 0 bridgehead atoms. The fraction of sp³-hybridized carbons (Fsp3) is 0.667. The molecule has 0 aliphatic carbocycles. The fourth-order valence-corrected chi connectivity index (χ4v) is 2.72. The summed E-state index contributed by atoms with van der Waals surface area (Å²) in [6.07, 6.45) is 3.20. The molecular weight excluding hydrogens is 270 g/mol. The van der Waals surface area contributed by atoms with Crippen molar-refractivity contribution < 1.29 is 14.2 Å². The fourth-order valence-electron chi connectivity index (χ4n) is 2.51. The van der Waals surface area contributed by atoms with Gasteiger partial charge in [0.15, 0.2) is 11.6 Å². The Balaban J connectivity index is 1.74. The lowest BCUT2D eigenvalue weighted by atomic mass is 10.0. The summed E-state index contributed by atoms with van der Waals surface area (Å²) in [4.78, 5) is 10.4. The second-order valence-electron chi connectivity index (χ2n) is 4.62. The van der Waals surface area contributed by atoms with Gasteiger partial charge < -0.3 is 19.1 Å². The molecule has 1 spiro atoms. The highest BCUT2D eigenvalue weighted by Gasteiger charge is 2.40. The minimum atomic E-state index is -0.389. The molecular formula is C12H16ClN3O3. The van der Waals surface area contributed by atoms with Gasteiger partial charge in [-0.25, -0.2) is 4.98 Å². The van der Waals surface area contributed by atoms with Crippen molar-refractivity contribution in [1.82, 2.24) is 9.97 Å². The topological polar surface area (TPSA) is 56.7 Å². The van der Waals surface area contributed by atoms with Crippen LogP contribution in [-0.4, -0.2) is 49.2 Å². The molecule has 0 atom stereocenters. The zero-order valence-electron chi connectivity index (χ0n) is 10.8. The van der Waals surface area contributed by atoms with Gasteiger partial charge in [0.25, 0.3) is 0 Å². The Morgan fingerprint density at radius 2 is 2.00 bits per heavy atom. The van der Waals surface area contributed by atoms with Crippen molar-refractivity contribution in [2.75, 3.05) is 38.3 Å². The first-order chi connectivity index (χ1) is 9.22. The number of methoxy groups -OCH3 is 1. The molecule has 0 aromatic carbocycles. The summed E-state index contributed by atoms with van der Waals surface area (Å²) in [7, 11) is 1.54. The normalized spacial score (nSPS) is 21.9. The maximum atomic E-state index is 6.15. The Hall–Kier alpha value is -1.11. The highest BCUT2D eigenvalue weighted by Crippen LogP contribution is 2.34. The van der Waals surface area contributed by atoms with E-state index in [2.05, 4.69) is 14.9 Å². The Morgan fingerprint density at radius 1 is 1.32 bits per heavy atom. The quantitative estimate of drug-likeness (QED) is 0.820. The summed E-state index contributed by atoms with van der Waals surface area (Å²) in [5, 5.41) is 0.532. The first-order valence-corrected chi connectivity index (χ1v) is 6.70. The average Bonchev–Trinajstić information content (AvgIpc) is 2.89. The van der Waals surface area contributed by atoms with E-state index in [0.717, 1.165) is 25.9 Å². The average molecular weight is 286 g/mol. The number of piperidine rings is 1. The van der Waals surface area contributed by atoms with Crippen LogP contribution in [0.25, 0.3) is 0 Å². The van der Waals surface area contributed by atoms with Crippen molar-refractivity contribution in [2.45, 2.75) is 18.6 Å². The van der Waals surface area contributed by atoms with Crippen LogP contribution < -0.4 is 9.64 Å². The van der Waals surface area contributed by atoms with Gasteiger partial charge in [-0.15, -0.1) is 0 Å². The second kappa shape index (κ2) is 5.11. The van der Waals surface area contributed by atoms with E-state index >= 15 is 0 Å². The molecule has 1 aromatic rings. The first-order valence-electron chi connectivity index (χ1n) is 6.32. The number of nitrogens with zero attached hydrogens (tertiary/aromatic N) is 3.